The Labute approximate surface area is 171 Å². The summed E-state index contributed by atoms with van der Waals surface area (Å²) in [5, 5.41) is 19.6. The molecular formula is C24H41NO3. The molecule has 2 unspecified atom stereocenters. The number of nitrogens with zero attached hydrogens (tertiary/aromatic N) is 1. The molecule has 3 fully saturated rings. The first kappa shape index (κ1) is 21.8. The van der Waals surface area contributed by atoms with Gasteiger partial charge in [0.15, 0.2) is 0 Å². The minimum atomic E-state index is -0.702. The third-order valence-electron chi connectivity index (χ3n) is 7.67. The quantitative estimate of drug-likeness (QED) is 0.342. The summed E-state index contributed by atoms with van der Waals surface area (Å²) in [4.78, 5) is 13.2. The monoisotopic (exact) mass is 391 g/mol. The highest BCUT2D eigenvalue weighted by molar-refractivity contribution is 5.66. The van der Waals surface area contributed by atoms with E-state index in [4.69, 9.17) is 5.11 Å². The molecule has 0 aromatic rings. The van der Waals surface area contributed by atoms with Gasteiger partial charge in [-0.05, 0) is 88.1 Å². The topological polar surface area (TPSA) is 60.8 Å². The van der Waals surface area contributed by atoms with Crippen molar-refractivity contribution in [3.8, 4) is 0 Å². The van der Waals surface area contributed by atoms with Gasteiger partial charge in [0, 0.05) is 12.5 Å². The van der Waals surface area contributed by atoms with E-state index in [1.165, 1.54) is 51.5 Å². The first-order valence-corrected chi connectivity index (χ1v) is 11.8. The fourth-order valence-electron chi connectivity index (χ4n) is 5.47. The van der Waals surface area contributed by atoms with Gasteiger partial charge < -0.3 is 10.2 Å². The summed E-state index contributed by atoms with van der Waals surface area (Å²) in [5.41, 5.74) is 0.275. The summed E-state index contributed by atoms with van der Waals surface area (Å²) in [7, 11) is 0. The normalized spacial score (nSPS) is 28.5. The molecule has 0 aromatic heterocycles. The first-order chi connectivity index (χ1) is 13.5. The number of likely N-dealkylation sites (tertiary alicyclic amines) is 1. The Bertz CT molecular complexity index is 524. The van der Waals surface area contributed by atoms with E-state index >= 15 is 0 Å². The smallest absolute Gasteiger partial charge is 0.303 e. The number of allylic oxidation sites excluding steroid dienone is 1. The molecule has 0 spiro atoms. The van der Waals surface area contributed by atoms with Crippen LogP contribution in [0.3, 0.4) is 0 Å². The van der Waals surface area contributed by atoms with Crippen molar-refractivity contribution in [2.24, 2.45) is 17.3 Å². The fourth-order valence-corrected chi connectivity index (χ4v) is 5.47. The number of carboxylic acid groups (broad SMARTS) is 1. The molecule has 3 aliphatic rings. The van der Waals surface area contributed by atoms with Gasteiger partial charge in [-0.15, -0.1) is 0 Å². The highest BCUT2D eigenvalue weighted by atomic mass is 16.4. The largest absolute Gasteiger partial charge is 0.481 e. The number of carbonyl (C=O) groups is 1. The van der Waals surface area contributed by atoms with Gasteiger partial charge in [0.05, 0.1) is 6.10 Å². The molecule has 2 saturated carbocycles. The lowest BCUT2D eigenvalue weighted by Crippen LogP contribution is -2.42. The zero-order valence-electron chi connectivity index (χ0n) is 17.8. The summed E-state index contributed by atoms with van der Waals surface area (Å²) in [6.07, 6.45) is 18.5. The van der Waals surface area contributed by atoms with Gasteiger partial charge in [-0.1, -0.05) is 38.3 Å². The third-order valence-corrected chi connectivity index (χ3v) is 7.67. The minimum absolute atomic E-state index is 0.0885. The molecule has 3 rings (SSSR count). The van der Waals surface area contributed by atoms with Gasteiger partial charge in [-0.2, -0.15) is 0 Å². The summed E-state index contributed by atoms with van der Waals surface area (Å²) in [6, 6.07) is 0.608. The zero-order valence-corrected chi connectivity index (χ0v) is 17.8. The van der Waals surface area contributed by atoms with Crippen molar-refractivity contribution in [1.82, 2.24) is 4.90 Å². The molecule has 4 heteroatoms. The van der Waals surface area contributed by atoms with Crippen molar-refractivity contribution >= 4 is 5.97 Å². The number of aliphatic carboxylic acids is 1. The number of aliphatic hydroxyl groups excluding tert-OH is 1. The molecular weight excluding hydrogens is 350 g/mol. The second-order valence-electron chi connectivity index (χ2n) is 9.88. The number of aliphatic hydroxyl groups is 1. The van der Waals surface area contributed by atoms with Gasteiger partial charge in [0.2, 0.25) is 0 Å². The van der Waals surface area contributed by atoms with Crippen LogP contribution in [-0.2, 0) is 4.79 Å². The van der Waals surface area contributed by atoms with E-state index in [-0.39, 0.29) is 17.9 Å². The van der Waals surface area contributed by atoms with Crippen LogP contribution in [0.15, 0.2) is 12.2 Å². The van der Waals surface area contributed by atoms with Gasteiger partial charge in [-0.25, -0.2) is 0 Å². The minimum Gasteiger partial charge on any atom is -0.481 e. The molecule has 0 bridgehead atoms. The number of hydrogen-bond acceptors (Lipinski definition) is 3. The lowest BCUT2D eigenvalue weighted by Gasteiger charge is -2.46. The van der Waals surface area contributed by atoms with E-state index in [0.29, 0.717) is 6.04 Å². The maximum Gasteiger partial charge on any atom is 0.303 e. The van der Waals surface area contributed by atoms with E-state index in [0.717, 1.165) is 50.5 Å². The predicted octanol–water partition coefficient (Wildman–Crippen LogP) is 5.01. The Hall–Kier alpha value is -0.870. The number of rotatable bonds is 13. The van der Waals surface area contributed by atoms with Crippen molar-refractivity contribution in [2.75, 3.05) is 13.1 Å². The second-order valence-corrected chi connectivity index (χ2v) is 9.88. The maximum absolute atomic E-state index is 10.9. The Morgan fingerprint density at radius 3 is 2.64 bits per heavy atom. The van der Waals surface area contributed by atoms with Crippen LogP contribution < -0.4 is 0 Å². The van der Waals surface area contributed by atoms with Crippen LogP contribution in [0.25, 0.3) is 0 Å². The average Bonchev–Trinajstić information content (AvgIpc) is 3.38. The average molecular weight is 392 g/mol. The Balaban J connectivity index is 1.36. The number of carboxylic acids is 1. The Morgan fingerprint density at radius 2 is 2.00 bits per heavy atom. The van der Waals surface area contributed by atoms with Crippen molar-refractivity contribution in [2.45, 2.75) is 103 Å². The Morgan fingerprint density at radius 1 is 1.21 bits per heavy atom. The van der Waals surface area contributed by atoms with Crippen molar-refractivity contribution in [1.29, 1.82) is 0 Å². The first-order valence-electron chi connectivity index (χ1n) is 11.8. The summed E-state index contributed by atoms with van der Waals surface area (Å²) in [6.45, 7) is 4.65. The fraction of sp³-hybridized carbons (Fsp3) is 0.875. The molecule has 0 amide bonds. The molecule has 2 N–H and O–H groups in total. The van der Waals surface area contributed by atoms with Crippen LogP contribution in [0.1, 0.15) is 90.4 Å². The van der Waals surface area contributed by atoms with Crippen LogP contribution in [-0.4, -0.2) is 46.3 Å². The summed E-state index contributed by atoms with van der Waals surface area (Å²) in [5.74, 6) is 0.939. The standard InChI is InChI=1S/C24H41NO3/c1-19-13-17-25(21(19)8-4-2-3-5-10-23(27)28)16-6-9-22(26)24(14-7-15-24)18-20-11-12-20/h2,4,19-22,26H,3,5-18H2,1H3,(H,27,28)/b4-2-/t19?,21-,22?/m0/s1. The van der Waals surface area contributed by atoms with Crippen molar-refractivity contribution < 1.29 is 15.0 Å². The van der Waals surface area contributed by atoms with Gasteiger partial charge in [0.1, 0.15) is 0 Å². The van der Waals surface area contributed by atoms with Gasteiger partial charge in [0.25, 0.3) is 0 Å². The van der Waals surface area contributed by atoms with Gasteiger partial charge in [-0.3, -0.25) is 9.69 Å². The van der Waals surface area contributed by atoms with Crippen LogP contribution >= 0.6 is 0 Å². The number of hydrogen-bond donors (Lipinski definition) is 2. The molecule has 1 saturated heterocycles. The van der Waals surface area contributed by atoms with E-state index in [9.17, 15) is 9.90 Å². The molecule has 2 aliphatic carbocycles. The second kappa shape index (κ2) is 10.2. The molecule has 3 atom stereocenters. The Kier molecular flexibility index (Phi) is 7.99. The van der Waals surface area contributed by atoms with Crippen LogP contribution in [0.2, 0.25) is 0 Å². The molecule has 28 heavy (non-hydrogen) atoms. The van der Waals surface area contributed by atoms with E-state index in [1.807, 2.05) is 0 Å². The van der Waals surface area contributed by atoms with Crippen LogP contribution in [0.4, 0.5) is 0 Å². The summed E-state index contributed by atoms with van der Waals surface area (Å²) < 4.78 is 0. The molecule has 1 heterocycles. The SMILES string of the molecule is CC1CCN(CCCC(O)C2(CC3CC3)CCC2)[C@H]1C/C=C\CCCC(=O)O. The van der Waals surface area contributed by atoms with E-state index < -0.39 is 5.97 Å². The zero-order chi connectivity index (χ0) is 20.0. The predicted molar refractivity (Wildman–Crippen MR) is 113 cm³/mol. The van der Waals surface area contributed by atoms with Crippen molar-refractivity contribution in [3.63, 3.8) is 0 Å². The summed E-state index contributed by atoms with van der Waals surface area (Å²) >= 11 is 0. The number of unbranched alkanes of at least 4 members (excludes halogenated alkanes) is 1. The van der Waals surface area contributed by atoms with Crippen LogP contribution in [0, 0.1) is 17.3 Å². The molecule has 1 aliphatic heterocycles. The van der Waals surface area contributed by atoms with Gasteiger partial charge >= 0.3 is 5.97 Å². The highest BCUT2D eigenvalue weighted by Gasteiger charge is 2.46. The maximum atomic E-state index is 10.9. The third kappa shape index (κ3) is 6.06. The molecule has 0 aromatic carbocycles. The molecule has 0 radical (unpaired) electrons. The molecule has 4 nitrogen and oxygen atoms in total. The van der Waals surface area contributed by atoms with E-state index in [1.54, 1.807) is 0 Å². The molecule has 160 valence electrons. The van der Waals surface area contributed by atoms with E-state index in [2.05, 4.69) is 24.0 Å². The lowest BCUT2D eigenvalue weighted by molar-refractivity contribution is -0.137. The lowest BCUT2D eigenvalue weighted by atomic mass is 9.61. The van der Waals surface area contributed by atoms with Crippen LogP contribution in [0.5, 0.6) is 0 Å². The van der Waals surface area contributed by atoms with Crippen molar-refractivity contribution in [3.05, 3.63) is 12.2 Å². The highest BCUT2D eigenvalue weighted by Crippen LogP contribution is 2.53.